The van der Waals surface area contributed by atoms with Crippen LogP contribution in [0.3, 0.4) is 0 Å². The van der Waals surface area contributed by atoms with E-state index in [1.54, 1.807) is 37.4 Å². The van der Waals surface area contributed by atoms with Crippen LogP contribution < -0.4 is 20.5 Å². The van der Waals surface area contributed by atoms with E-state index in [2.05, 4.69) is 10.3 Å². The first-order valence-electron chi connectivity index (χ1n) is 6.87. The third-order valence-electron chi connectivity index (χ3n) is 2.86. The predicted octanol–water partition coefficient (Wildman–Crippen LogP) is 4.43. The molecule has 5 nitrogen and oxygen atoms in total. The highest BCUT2D eigenvalue weighted by Crippen LogP contribution is 2.27. The lowest BCUT2D eigenvalue weighted by Gasteiger charge is -2.09. The smallest absolute Gasteiger partial charge is 0.193 e. The van der Waals surface area contributed by atoms with Crippen molar-refractivity contribution in [3.05, 3.63) is 52.5 Å². The van der Waals surface area contributed by atoms with Crippen molar-refractivity contribution in [2.24, 2.45) is 10.7 Å². The number of rotatable bonds is 6. The molecule has 0 aliphatic heterocycles. The molecule has 8 heteroatoms. The highest BCUT2D eigenvalue weighted by Gasteiger charge is 2.02. The van der Waals surface area contributed by atoms with Crippen molar-refractivity contribution in [3.8, 4) is 11.5 Å². The minimum atomic E-state index is 0. The Labute approximate surface area is 168 Å². The molecule has 0 unspecified atom stereocenters. The molecule has 0 bridgehead atoms. The van der Waals surface area contributed by atoms with Crippen molar-refractivity contribution in [2.45, 2.75) is 0 Å². The van der Waals surface area contributed by atoms with E-state index in [0.29, 0.717) is 34.7 Å². The Kier molecular flexibility index (Phi) is 9.02. The van der Waals surface area contributed by atoms with Crippen molar-refractivity contribution in [3.63, 3.8) is 0 Å². The van der Waals surface area contributed by atoms with Crippen molar-refractivity contribution >= 4 is 58.8 Å². The molecule has 0 atom stereocenters. The largest absolute Gasteiger partial charge is 0.495 e. The van der Waals surface area contributed by atoms with Gasteiger partial charge in [0.25, 0.3) is 0 Å². The van der Waals surface area contributed by atoms with Crippen molar-refractivity contribution in [2.75, 3.05) is 25.6 Å². The zero-order chi connectivity index (χ0) is 16.7. The van der Waals surface area contributed by atoms with E-state index in [1.807, 2.05) is 12.1 Å². The van der Waals surface area contributed by atoms with Crippen molar-refractivity contribution < 1.29 is 9.47 Å². The summed E-state index contributed by atoms with van der Waals surface area (Å²) < 4.78 is 10.6. The topological polar surface area (TPSA) is 68.9 Å². The fourth-order valence-corrected chi connectivity index (χ4v) is 2.26. The Morgan fingerprint density at radius 1 is 1.21 bits per heavy atom. The first kappa shape index (κ1) is 20.7. The molecule has 2 aromatic carbocycles. The van der Waals surface area contributed by atoms with Gasteiger partial charge in [0.1, 0.15) is 18.1 Å². The molecule has 0 heterocycles. The molecular formula is C16H18Cl2IN3O2. The lowest BCUT2D eigenvalue weighted by Crippen LogP contribution is -2.23. The predicted molar refractivity (Wildman–Crippen MR) is 110 cm³/mol. The van der Waals surface area contributed by atoms with Crippen LogP contribution in [0.5, 0.6) is 11.5 Å². The van der Waals surface area contributed by atoms with Gasteiger partial charge < -0.3 is 20.5 Å². The number of anilines is 1. The van der Waals surface area contributed by atoms with Gasteiger partial charge in [0.05, 0.1) is 18.7 Å². The average molecular weight is 482 g/mol. The number of methoxy groups -OCH3 is 1. The summed E-state index contributed by atoms with van der Waals surface area (Å²) in [6.45, 7) is 0.807. The standard InChI is InChI=1S/C16H17Cl2N3O2.HI/c1-22-15-6-5-12(10-14(15)18)21-16(19)20-7-8-23-13-4-2-3-11(17)9-13;/h2-6,9-10H,7-8H2,1H3,(H3,19,20,21);1H. The molecule has 0 saturated carbocycles. The molecule has 0 fully saturated rings. The normalized spacial score (nSPS) is 10.7. The van der Waals surface area contributed by atoms with Gasteiger partial charge in [0.15, 0.2) is 5.96 Å². The monoisotopic (exact) mass is 481 g/mol. The summed E-state index contributed by atoms with van der Waals surface area (Å²) in [5.74, 6) is 1.57. The summed E-state index contributed by atoms with van der Waals surface area (Å²) in [6.07, 6.45) is 0. The van der Waals surface area contributed by atoms with Crippen LogP contribution in [0.15, 0.2) is 47.5 Å². The van der Waals surface area contributed by atoms with Gasteiger partial charge in [0.2, 0.25) is 0 Å². The highest BCUT2D eigenvalue weighted by molar-refractivity contribution is 14.0. The van der Waals surface area contributed by atoms with Gasteiger partial charge in [-0.1, -0.05) is 29.3 Å². The van der Waals surface area contributed by atoms with Crippen LogP contribution in [0.4, 0.5) is 5.69 Å². The summed E-state index contributed by atoms with van der Waals surface area (Å²) in [4.78, 5) is 4.18. The highest BCUT2D eigenvalue weighted by atomic mass is 127. The van der Waals surface area contributed by atoms with Gasteiger partial charge in [-0.3, -0.25) is 0 Å². The van der Waals surface area contributed by atoms with Gasteiger partial charge in [-0.2, -0.15) is 0 Å². The van der Waals surface area contributed by atoms with E-state index in [0.717, 1.165) is 5.69 Å². The number of hydrogen-bond acceptors (Lipinski definition) is 3. The van der Waals surface area contributed by atoms with E-state index in [1.165, 1.54) is 0 Å². The van der Waals surface area contributed by atoms with E-state index >= 15 is 0 Å². The average Bonchev–Trinajstić information content (AvgIpc) is 2.52. The zero-order valence-electron chi connectivity index (χ0n) is 13.0. The molecule has 0 radical (unpaired) electrons. The minimum Gasteiger partial charge on any atom is -0.495 e. The number of halogens is 3. The molecular weight excluding hydrogens is 464 g/mol. The Morgan fingerprint density at radius 3 is 2.67 bits per heavy atom. The second-order valence-electron chi connectivity index (χ2n) is 4.55. The summed E-state index contributed by atoms with van der Waals surface area (Å²) in [7, 11) is 1.56. The van der Waals surface area contributed by atoms with Crippen LogP contribution in [0.25, 0.3) is 0 Å². The fraction of sp³-hybridized carbons (Fsp3) is 0.188. The van der Waals surface area contributed by atoms with Gasteiger partial charge in [0, 0.05) is 10.7 Å². The van der Waals surface area contributed by atoms with Crippen LogP contribution >= 0.6 is 47.2 Å². The van der Waals surface area contributed by atoms with Gasteiger partial charge >= 0.3 is 0 Å². The fourth-order valence-electron chi connectivity index (χ4n) is 1.82. The number of benzene rings is 2. The first-order valence-corrected chi connectivity index (χ1v) is 7.63. The molecule has 130 valence electrons. The lowest BCUT2D eigenvalue weighted by atomic mass is 10.3. The molecule has 24 heavy (non-hydrogen) atoms. The summed E-state index contributed by atoms with van der Waals surface area (Å²) in [5.41, 5.74) is 6.55. The molecule has 0 amide bonds. The molecule has 2 aromatic rings. The number of guanidine groups is 1. The van der Waals surface area contributed by atoms with Gasteiger partial charge in [-0.25, -0.2) is 4.99 Å². The van der Waals surface area contributed by atoms with Crippen LogP contribution in [0.1, 0.15) is 0 Å². The number of nitrogens with one attached hydrogen (secondary N) is 1. The SMILES string of the molecule is COc1ccc(NC(N)=NCCOc2cccc(Cl)c2)cc1Cl.I. The second kappa shape index (κ2) is 10.5. The summed E-state index contributed by atoms with van der Waals surface area (Å²) in [6, 6.07) is 12.4. The molecule has 0 spiro atoms. The molecule has 2 rings (SSSR count). The maximum absolute atomic E-state index is 6.04. The number of nitrogens with two attached hydrogens (primary N) is 1. The lowest BCUT2D eigenvalue weighted by molar-refractivity contribution is 0.329. The Hall–Kier alpha value is -1.38. The van der Waals surface area contributed by atoms with Crippen molar-refractivity contribution in [1.29, 1.82) is 0 Å². The van der Waals surface area contributed by atoms with Crippen LogP contribution in [-0.4, -0.2) is 26.2 Å². The number of aliphatic imine (C=N–C) groups is 1. The Balaban J connectivity index is 0.00000288. The molecule has 3 N–H and O–H groups in total. The van der Waals surface area contributed by atoms with E-state index in [9.17, 15) is 0 Å². The van der Waals surface area contributed by atoms with Gasteiger partial charge in [-0.15, -0.1) is 24.0 Å². The molecule has 0 saturated heterocycles. The first-order chi connectivity index (χ1) is 11.1. The third kappa shape index (κ3) is 6.62. The number of ether oxygens (including phenoxy) is 2. The second-order valence-corrected chi connectivity index (χ2v) is 5.39. The Bertz CT molecular complexity index is 699. The summed E-state index contributed by atoms with van der Waals surface area (Å²) >= 11 is 11.9. The van der Waals surface area contributed by atoms with Gasteiger partial charge in [-0.05, 0) is 36.4 Å². The third-order valence-corrected chi connectivity index (χ3v) is 3.39. The quantitative estimate of drug-likeness (QED) is 0.277. The summed E-state index contributed by atoms with van der Waals surface area (Å²) in [5, 5.41) is 4.08. The van der Waals surface area contributed by atoms with E-state index in [4.69, 9.17) is 38.4 Å². The number of nitrogens with zero attached hydrogens (tertiary/aromatic N) is 1. The van der Waals surface area contributed by atoms with E-state index in [-0.39, 0.29) is 29.9 Å². The van der Waals surface area contributed by atoms with Crippen LogP contribution in [0, 0.1) is 0 Å². The minimum absolute atomic E-state index is 0. The zero-order valence-corrected chi connectivity index (χ0v) is 16.8. The maximum atomic E-state index is 6.04. The Morgan fingerprint density at radius 2 is 2.00 bits per heavy atom. The number of hydrogen-bond donors (Lipinski definition) is 2. The van der Waals surface area contributed by atoms with E-state index < -0.39 is 0 Å². The molecule has 0 aliphatic rings. The maximum Gasteiger partial charge on any atom is 0.193 e. The molecule has 0 aromatic heterocycles. The van der Waals surface area contributed by atoms with Crippen LogP contribution in [0.2, 0.25) is 10.0 Å². The van der Waals surface area contributed by atoms with Crippen molar-refractivity contribution in [1.82, 2.24) is 0 Å². The molecule has 0 aliphatic carbocycles. The van der Waals surface area contributed by atoms with Crippen LogP contribution in [-0.2, 0) is 0 Å².